The molecular weight excluding hydrogens is 364 g/mol. The molecule has 0 spiro atoms. The first-order valence-electron chi connectivity index (χ1n) is 7.69. The van der Waals surface area contributed by atoms with E-state index in [-0.39, 0.29) is 0 Å². The van der Waals surface area contributed by atoms with Gasteiger partial charge in [0.25, 0.3) is 5.91 Å². The molecule has 3 nitrogen and oxygen atoms in total. The number of nitrogens with two attached hydrogens (primary N) is 1. The quantitative estimate of drug-likeness (QED) is 0.551. The number of carbonyl (C=O) groups excluding carboxylic acids is 1. The lowest BCUT2D eigenvalue weighted by molar-refractivity contribution is 0.0992. The molecule has 24 heavy (non-hydrogen) atoms. The van der Waals surface area contributed by atoms with Crippen LogP contribution in [0.1, 0.15) is 16.1 Å². The third-order valence-corrected chi connectivity index (χ3v) is 4.82. The summed E-state index contributed by atoms with van der Waals surface area (Å²) in [5.74, 6) is -0.414. The second kappa shape index (κ2) is 5.80. The van der Waals surface area contributed by atoms with Gasteiger partial charge in [-0.2, -0.15) is 0 Å². The molecule has 0 saturated heterocycles. The third kappa shape index (κ3) is 2.49. The van der Waals surface area contributed by atoms with Crippen LogP contribution in [0.4, 0.5) is 0 Å². The lowest BCUT2D eigenvalue weighted by Crippen LogP contribution is -2.17. The van der Waals surface area contributed by atoms with Gasteiger partial charge in [-0.3, -0.25) is 4.79 Å². The van der Waals surface area contributed by atoms with Crippen molar-refractivity contribution in [3.8, 4) is 0 Å². The fourth-order valence-corrected chi connectivity index (χ4v) is 3.55. The van der Waals surface area contributed by atoms with E-state index in [0.717, 1.165) is 20.9 Å². The molecule has 4 heteroatoms. The van der Waals surface area contributed by atoms with Crippen molar-refractivity contribution in [2.45, 2.75) is 6.54 Å². The lowest BCUT2D eigenvalue weighted by atomic mass is 10.0. The average molecular weight is 379 g/mol. The number of halogens is 1. The Hall–Kier alpha value is -2.59. The number of fused-ring (bicyclic) bond motifs is 2. The standard InChI is InChI=1S/C20H15BrN2O/c21-16-9-8-14-10-19(20(22)24)23(18(14)11-16)12-15-6-3-5-13-4-1-2-7-17(13)15/h1-11H,12H2,(H2,22,24). The zero-order valence-corrected chi connectivity index (χ0v) is 14.5. The van der Waals surface area contributed by atoms with E-state index in [9.17, 15) is 4.79 Å². The van der Waals surface area contributed by atoms with Crippen LogP contribution in [0.3, 0.4) is 0 Å². The average Bonchev–Trinajstić information content (AvgIpc) is 2.93. The largest absolute Gasteiger partial charge is 0.364 e. The van der Waals surface area contributed by atoms with E-state index in [1.807, 2.05) is 47.0 Å². The van der Waals surface area contributed by atoms with Crippen molar-refractivity contribution in [3.05, 3.63) is 82.5 Å². The molecule has 3 aromatic carbocycles. The summed E-state index contributed by atoms with van der Waals surface area (Å²) >= 11 is 3.51. The number of carbonyl (C=O) groups is 1. The Labute approximate surface area is 147 Å². The SMILES string of the molecule is NC(=O)c1cc2ccc(Br)cc2n1Cc1cccc2ccccc12. The summed E-state index contributed by atoms with van der Waals surface area (Å²) in [6, 6.07) is 22.3. The second-order valence-corrected chi connectivity index (χ2v) is 6.74. The number of hydrogen-bond acceptors (Lipinski definition) is 1. The van der Waals surface area contributed by atoms with E-state index in [0.29, 0.717) is 12.2 Å². The van der Waals surface area contributed by atoms with Crippen molar-refractivity contribution in [2.24, 2.45) is 5.73 Å². The summed E-state index contributed by atoms with van der Waals surface area (Å²) in [6.07, 6.45) is 0. The first-order valence-corrected chi connectivity index (χ1v) is 8.48. The van der Waals surface area contributed by atoms with Crippen molar-refractivity contribution < 1.29 is 4.79 Å². The zero-order valence-electron chi connectivity index (χ0n) is 12.9. The minimum atomic E-state index is -0.414. The number of benzene rings is 3. The molecule has 0 aliphatic heterocycles. The number of hydrogen-bond donors (Lipinski definition) is 1. The van der Waals surface area contributed by atoms with Gasteiger partial charge in [-0.25, -0.2) is 0 Å². The van der Waals surface area contributed by atoms with Crippen LogP contribution in [0.15, 0.2) is 71.2 Å². The summed E-state index contributed by atoms with van der Waals surface area (Å²) in [6.45, 7) is 0.597. The minimum Gasteiger partial charge on any atom is -0.364 e. The highest BCUT2D eigenvalue weighted by atomic mass is 79.9. The molecule has 0 atom stereocenters. The van der Waals surface area contributed by atoms with Gasteiger partial charge in [-0.05, 0) is 34.5 Å². The predicted molar refractivity (Wildman–Crippen MR) is 101 cm³/mol. The molecule has 0 bridgehead atoms. The van der Waals surface area contributed by atoms with E-state index < -0.39 is 5.91 Å². The Morgan fingerprint density at radius 3 is 2.58 bits per heavy atom. The number of nitrogens with zero attached hydrogens (tertiary/aromatic N) is 1. The molecule has 0 aliphatic carbocycles. The van der Waals surface area contributed by atoms with E-state index >= 15 is 0 Å². The molecule has 0 unspecified atom stereocenters. The maximum atomic E-state index is 11.9. The van der Waals surface area contributed by atoms with E-state index in [1.54, 1.807) is 0 Å². The molecule has 1 aromatic heterocycles. The molecule has 4 aromatic rings. The molecule has 0 saturated carbocycles. The van der Waals surface area contributed by atoms with E-state index in [1.165, 1.54) is 10.8 Å². The molecular formula is C20H15BrN2O. The predicted octanol–water partition coefficient (Wildman–Crippen LogP) is 4.70. The monoisotopic (exact) mass is 378 g/mol. The van der Waals surface area contributed by atoms with Crippen LogP contribution in [0.5, 0.6) is 0 Å². The summed E-state index contributed by atoms with van der Waals surface area (Å²) < 4.78 is 2.97. The Morgan fingerprint density at radius 1 is 0.958 bits per heavy atom. The van der Waals surface area contributed by atoms with Gasteiger partial charge in [0.2, 0.25) is 0 Å². The lowest BCUT2D eigenvalue weighted by Gasteiger charge is -2.12. The summed E-state index contributed by atoms with van der Waals surface area (Å²) in [7, 11) is 0. The first kappa shape index (κ1) is 15.0. The van der Waals surface area contributed by atoms with Gasteiger partial charge in [-0.15, -0.1) is 0 Å². The summed E-state index contributed by atoms with van der Waals surface area (Å²) in [4.78, 5) is 11.9. The molecule has 1 heterocycles. The van der Waals surface area contributed by atoms with Crippen molar-refractivity contribution in [1.82, 2.24) is 4.57 Å². The van der Waals surface area contributed by atoms with Crippen LogP contribution in [0.25, 0.3) is 21.7 Å². The smallest absolute Gasteiger partial charge is 0.265 e. The minimum absolute atomic E-state index is 0.414. The molecule has 0 aliphatic rings. The number of rotatable bonds is 3. The second-order valence-electron chi connectivity index (χ2n) is 5.82. The number of amides is 1. The normalized spacial score (nSPS) is 11.2. The molecule has 0 fully saturated rings. The van der Waals surface area contributed by atoms with Crippen LogP contribution in [-0.4, -0.2) is 10.5 Å². The van der Waals surface area contributed by atoms with Gasteiger partial charge in [0.05, 0.1) is 5.52 Å². The van der Waals surface area contributed by atoms with Crippen molar-refractivity contribution in [2.75, 3.05) is 0 Å². The van der Waals surface area contributed by atoms with Crippen molar-refractivity contribution in [3.63, 3.8) is 0 Å². The Kier molecular flexibility index (Phi) is 3.62. The van der Waals surface area contributed by atoms with Crippen molar-refractivity contribution in [1.29, 1.82) is 0 Å². The van der Waals surface area contributed by atoms with Crippen LogP contribution in [-0.2, 0) is 6.54 Å². The Balaban J connectivity index is 1.94. The first-order chi connectivity index (χ1) is 11.6. The highest BCUT2D eigenvalue weighted by Crippen LogP contribution is 2.27. The van der Waals surface area contributed by atoms with Crippen LogP contribution < -0.4 is 5.73 Å². The summed E-state index contributed by atoms with van der Waals surface area (Å²) in [5.41, 5.74) is 8.29. The van der Waals surface area contributed by atoms with Gasteiger partial charge in [-0.1, -0.05) is 64.5 Å². The molecule has 118 valence electrons. The molecule has 2 N–H and O–H groups in total. The van der Waals surface area contributed by atoms with Crippen LogP contribution in [0.2, 0.25) is 0 Å². The van der Waals surface area contributed by atoms with Crippen LogP contribution in [0, 0.1) is 0 Å². The van der Waals surface area contributed by atoms with Gasteiger partial charge in [0.15, 0.2) is 0 Å². The van der Waals surface area contributed by atoms with E-state index in [4.69, 9.17) is 5.73 Å². The zero-order chi connectivity index (χ0) is 16.7. The van der Waals surface area contributed by atoms with Crippen molar-refractivity contribution >= 4 is 43.5 Å². The molecule has 0 radical (unpaired) electrons. The fraction of sp³-hybridized carbons (Fsp3) is 0.0500. The molecule has 1 amide bonds. The third-order valence-electron chi connectivity index (χ3n) is 4.33. The maximum Gasteiger partial charge on any atom is 0.265 e. The fourth-order valence-electron chi connectivity index (χ4n) is 3.20. The van der Waals surface area contributed by atoms with Gasteiger partial charge in [0, 0.05) is 16.4 Å². The maximum absolute atomic E-state index is 11.9. The van der Waals surface area contributed by atoms with Gasteiger partial charge < -0.3 is 10.3 Å². The van der Waals surface area contributed by atoms with E-state index in [2.05, 4.69) is 40.2 Å². The topological polar surface area (TPSA) is 48.0 Å². The number of aromatic nitrogens is 1. The highest BCUT2D eigenvalue weighted by molar-refractivity contribution is 9.10. The summed E-state index contributed by atoms with van der Waals surface area (Å²) in [5, 5.41) is 3.38. The Bertz CT molecular complexity index is 1080. The van der Waals surface area contributed by atoms with Crippen LogP contribution >= 0.6 is 15.9 Å². The molecule has 4 rings (SSSR count). The number of primary amides is 1. The van der Waals surface area contributed by atoms with Gasteiger partial charge in [0.1, 0.15) is 5.69 Å². The van der Waals surface area contributed by atoms with Gasteiger partial charge >= 0.3 is 0 Å². The highest BCUT2D eigenvalue weighted by Gasteiger charge is 2.14. The Morgan fingerprint density at radius 2 is 1.75 bits per heavy atom.